The van der Waals surface area contributed by atoms with Gasteiger partial charge in [-0.25, -0.2) is 0 Å². The van der Waals surface area contributed by atoms with Gasteiger partial charge in [0.05, 0.1) is 0 Å². The average molecular weight is 245 g/mol. The molecular formula is C14H22KO. The van der Waals surface area contributed by atoms with Crippen molar-refractivity contribution >= 4 is 51.4 Å². The summed E-state index contributed by atoms with van der Waals surface area (Å²) in [7, 11) is 0. The largest absolute Gasteiger partial charge is 0.507 e. The van der Waals surface area contributed by atoms with E-state index >= 15 is 0 Å². The van der Waals surface area contributed by atoms with Crippen molar-refractivity contribution in [2.45, 2.75) is 52.4 Å². The molecule has 0 saturated carbocycles. The SMILES string of the molecule is CC(C)(C)c1cccc(C(C)(C)C)c1O.[K]. The van der Waals surface area contributed by atoms with Crippen LogP contribution >= 0.6 is 0 Å². The van der Waals surface area contributed by atoms with Crippen LogP contribution in [0.25, 0.3) is 0 Å². The molecule has 1 aromatic rings. The predicted octanol–water partition coefficient (Wildman–Crippen LogP) is 3.61. The Morgan fingerprint density at radius 3 is 1.38 bits per heavy atom. The fraction of sp³-hybridized carbons (Fsp3) is 0.571. The molecule has 0 amide bonds. The van der Waals surface area contributed by atoms with Gasteiger partial charge in [-0.05, 0) is 22.0 Å². The molecule has 0 aliphatic carbocycles. The number of hydrogen-bond donors (Lipinski definition) is 1. The van der Waals surface area contributed by atoms with Gasteiger partial charge in [-0.2, -0.15) is 0 Å². The summed E-state index contributed by atoms with van der Waals surface area (Å²) in [4.78, 5) is 0. The van der Waals surface area contributed by atoms with E-state index in [0.717, 1.165) is 11.1 Å². The summed E-state index contributed by atoms with van der Waals surface area (Å²) in [6, 6.07) is 6.04. The molecule has 0 unspecified atom stereocenters. The Kier molecular flexibility index (Phi) is 5.76. The predicted molar refractivity (Wildman–Crippen MR) is 71.3 cm³/mol. The number of aromatic hydroxyl groups is 1. The minimum absolute atomic E-state index is 0. The van der Waals surface area contributed by atoms with Crippen LogP contribution in [0.1, 0.15) is 52.7 Å². The van der Waals surface area contributed by atoms with E-state index in [9.17, 15) is 5.11 Å². The zero-order chi connectivity index (χ0) is 11.9. The maximum absolute atomic E-state index is 10.3. The Labute approximate surface area is 142 Å². The first-order chi connectivity index (χ1) is 6.64. The van der Waals surface area contributed by atoms with Crippen molar-refractivity contribution in [3.63, 3.8) is 0 Å². The van der Waals surface area contributed by atoms with Crippen molar-refractivity contribution < 1.29 is 5.11 Å². The summed E-state index contributed by atoms with van der Waals surface area (Å²) in [5.41, 5.74) is 2.03. The monoisotopic (exact) mass is 245 g/mol. The van der Waals surface area contributed by atoms with Crippen molar-refractivity contribution in [1.82, 2.24) is 0 Å². The van der Waals surface area contributed by atoms with Gasteiger partial charge in [0.1, 0.15) is 5.75 Å². The number of phenolic OH excluding ortho intramolecular Hbond substituents is 1. The third-order valence-electron chi connectivity index (χ3n) is 2.65. The molecule has 0 atom stereocenters. The Hall–Kier alpha value is 0.656. The van der Waals surface area contributed by atoms with Gasteiger partial charge in [0.25, 0.3) is 0 Å². The van der Waals surface area contributed by atoms with Crippen LogP contribution in [0.15, 0.2) is 18.2 Å². The van der Waals surface area contributed by atoms with Crippen molar-refractivity contribution in [1.29, 1.82) is 0 Å². The van der Waals surface area contributed by atoms with Gasteiger partial charge in [0.2, 0.25) is 0 Å². The topological polar surface area (TPSA) is 20.2 Å². The van der Waals surface area contributed by atoms with Crippen molar-refractivity contribution in [3.8, 4) is 5.75 Å². The summed E-state index contributed by atoms with van der Waals surface area (Å²) in [6.07, 6.45) is 0. The first-order valence-electron chi connectivity index (χ1n) is 5.47. The molecule has 1 N–H and O–H groups in total. The fourth-order valence-electron chi connectivity index (χ4n) is 1.75. The smallest absolute Gasteiger partial charge is 0.123 e. The van der Waals surface area contributed by atoms with Crippen LogP contribution in [0.4, 0.5) is 0 Å². The van der Waals surface area contributed by atoms with Crippen LogP contribution in [0.5, 0.6) is 5.75 Å². The Bertz CT molecular complexity index is 324. The van der Waals surface area contributed by atoms with Crippen molar-refractivity contribution in [2.75, 3.05) is 0 Å². The van der Waals surface area contributed by atoms with Gasteiger partial charge >= 0.3 is 0 Å². The van der Waals surface area contributed by atoms with E-state index in [1.54, 1.807) is 0 Å². The molecule has 16 heavy (non-hydrogen) atoms. The number of rotatable bonds is 0. The Balaban J connectivity index is 0.00000225. The van der Waals surface area contributed by atoms with E-state index in [1.165, 1.54) is 0 Å². The standard InChI is InChI=1S/C14H22O.K/c1-13(2,3)10-8-7-9-11(12(10)15)14(4,5)6;/h7-9,15H,1-6H3;. The third-order valence-corrected chi connectivity index (χ3v) is 2.65. The van der Waals surface area contributed by atoms with Crippen LogP contribution in [-0.2, 0) is 10.8 Å². The molecule has 0 saturated heterocycles. The second kappa shape index (κ2) is 5.53. The molecule has 0 aromatic heterocycles. The second-order valence-electron chi connectivity index (χ2n) is 6.20. The van der Waals surface area contributed by atoms with E-state index in [0.29, 0.717) is 5.75 Å². The summed E-state index contributed by atoms with van der Waals surface area (Å²) in [5.74, 6) is 0.456. The van der Waals surface area contributed by atoms with Crippen LogP contribution in [-0.4, -0.2) is 56.5 Å². The number of hydrogen-bond acceptors (Lipinski definition) is 1. The average Bonchev–Trinajstić information content (AvgIpc) is 1.99. The minimum atomic E-state index is -0.00859. The summed E-state index contributed by atoms with van der Waals surface area (Å²) >= 11 is 0. The molecule has 1 radical (unpaired) electrons. The maximum Gasteiger partial charge on any atom is 0.123 e. The summed E-state index contributed by atoms with van der Waals surface area (Å²) in [6.45, 7) is 12.7. The molecule has 1 rings (SSSR count). The number of benzene rings is 1. The van der Waals surface area contributed by atoms with E-state index in [-0.39, 0.29) is 62.2 Å². The zero-order valence-electron chi connectivity index (χ0n) is 11.7. The second-order valence-corrected chi connectivity index (χ2v) is 6.20. The van der Waals surface area contributed by atoms with Crippen molar-refractivity contribution in [2.24, 2.45) is 0 Å². The summed E-state index contributed by atoms with van der Waals surface area (Å²) < 4.78 is 0. The first kappa shape index (κ1) is 16.7. The Morgan fingerprint density at radius 2 is 1.12 bits per heavy atom. The molecule has 0 bridgehead atoms. The zero-order valence-corrected chi connectivity index (χ0v) is 14.8. The minimum Gasteiger partial charge on any atom is -0.507 e. The molecule has 0 spiro atoms. The first-order valence-corrected chi connectivity index (χ1v) is 5.47. The molecule has 1 nitrogen and oxygen atoms in total. The van der Waals surface area contributed by atoms with Gasteiger partial charge in [-0.3, -0.25) is 0 Å². The van der Waals surface area contributed by atoms with Crippen LogP contribution in [0.3, 0.4) is 0 Å². The van der Waals surface area contributed by atoms with Gasteiger partial charge in [-0.1, -0.05) is 59.7 Å². The van der Waals surface area contributed by atoms with Gasteiger partial charge in [0.15, 0.2) is 0 Å². The molecule has 1 aromatic carbocycles. The van der Waals surface area contributed by atoms with Crippen molar-refractivity contribution in [3.05, 3.63) is 29.3 Å². The van der Waals surface area contributed by atoms with Gasteiger partial charge in [-0.15, -0.1) is 0 Å². The van der Waals surface area contributed by atoms with Crippen LogP contribution < -0.4 is 0 Å². The van der Waals surface area contributed by atoms with E-state index in [2.05, 4.69) is 41.5 Å². The van der Waals surface area contributed by atoms with Gasteiger partial charge < -0.3 is 5.11 Å². The Morgan fingerprint density at radius 1 is 0.812 bits per heavy atom. The molecule has 0 aliphatic rings. The normalized spacial score (nSPS) is 12.1. The molecule has 0 fully saturated rings. The quantitative estimate of drug-likeness (QED) is 0.692. The summed E-state index contributed by atoms with van der Waals surface area (Å²) in [5, 5.41) is 10.3. The van der Waals surface area contributed by atoms with Gasteiger partial charge in [0, 0.05) is 51.4 Å². The molecule has 2 heteroatoms. The van der Waals surface area contributed by atoms with E-state index < -0.39 is 0 Å². The number of para-hydroxylation sites is 1. The maximum atomic E-state index is 10.3. The van der Waals surface area contributed by atoms with E-state index in [1.807, 2.05) is 18.2 Å². The van der Waals surface area contributed by atoms with E-state index in [4.69, 9.17) is 0 Å². The molecule has 0 aliphatic heterocycles. The number of phenols is 1. The molecule has 0 heterocycles. The van der Waals surface area contributed by atoms with Crippen LogP contribution in [0, 0.1) is 0 Å². The van der Waals surface area contributed by atoms with Crippen LogP contribution in [0.2, 0.25) is 0 Å². The molecule has 85 valence electrons. The fourth-order valence-corrected chi connectivity index (χ4v) is 1.75. The molecular weight excluding hydrogens is 223 g/mol. The third kappa shape index (κ3) is 3.85.